The van der Waals surface area contributed by atoms with E-state index in [4.69, 9.17) is 0 Å². The van der Waals surface area contributed by atoms with E-state index in [-0.39, 0.29) is 0 Å². The van der Waals surface area contributed by atoms with Crippen LogP contribution in [0.2, 0.25) is 0 Å². The highest BCUT2D eigenvalue weighted by molar-refractivity contribution is 5.09. The average molecular weight is 399 g/mol. The summed E-state index contributed by atoms with van der Waals surface area (Å²) in [7, 11) is 0. The van der Waals surface area contributed by atoms with Crippen molar-refractivity contribution in [1.82, 2.24) is 5.12 Å². The van der Waals surface area contributed by atoms with Gasteiger partial charge in [-0.3, -0.25) is 4.74 Å². The lowest BCUT2D eigenvalue weighted by Crippen LogP contribution is -2.80. The molecule has 1 atom stereocenters. The van der Waals surface area contributed by atoms with Crippen molar-refractivity contribution in [3.63, 3.8) is 0 Å². The third-order valence-corrected chi connectivity index (χ3v) is 2.65. The summed E-state index contributed by atoms with van der Waals surface area (Å²) >= 11 is 0. The summed E-state index contributed by atoms with van der Waals surface area (Å²) in [6, 6.07) is -14.3. The van der Waals surface area contributed by atoms with Crippen molar-refractivity contribution < 1.29 is 70.7 Å². The maximum absolute atomic E-state index is 13.4. The molecule has 1 saturated heterocycles. The van der Waals surface area contributed by atoms with Crippen LogP contribution in [0, 0.1) is 0 Å². The quantitative estimate of drug-likeness (QED) is 0.386. The molecule has 2 nitrogen and oxygen atoms in total. The van der Waals surface area contributed by atoms with Crippen LogP contribution in [-0.2, 0) is 4.74 Å². The second-order valence-corrected chi connectivity index (χ2v) is 4.22. The smallest absolute Gasteiger partial charge is 0.264 e. The van der Waals surface area contributed by atoms with Crippen molar-refractivity contribution in [2.24, 2.45) is 0 Å². The summed E-state index contributed by atoms with van der Waals surface area (Å²) in [5.74, 6) is -23.4. The van der Waals surface area contributed by atoms with E-state index < -0.39 is 47.2 Å². The fraction of sp³-hybridized carbons (Fsp3) is 1.00. The van der Waals surface area contributed by atoms with E-state index in [1.165, 1.54) is 0 Å². The lowest BCUT2D eigenvalue weighted by Gasteiger charge is -2.49. The molecule has 0 amide bonds. The Labute approximate surface area is 119 Å². The summed E-state index contributed by atoms with van der Waals surface area (Å²) in [5, 5.41) is -3.93. The molecule has 1 aliphatic heterocycles. The molecule has 0 bridgehead atoms. The zero-order chi connectivity index (χ0) is 19.8. The Morgan fingerprint density at radius 3 is 1.38 bits per heavy atom. The highest BCUT2D eigenvalue weighted by Gasteiger charge is 2.95. The first-order valence-corrected chi connectivity index (χ1v) is 4.92. The molecule has 1 aliphatic rings. The first-order chi connectivity index (χ1) is 10.1. The van der Waals surface area contributed by atoms with Gasteiger partial charge in [0, 0.05) is 0 Å². The van der Waals surface area contributed by atoms with E-state index in [0.717, 1.165) is 0 Å². The third kappa shape index (κ3) is 2.15. The minimum Gasteiger partial charge on any atom is -0.264 e. The number of alkyl halides is 14. The molecule has 0 N–H and O–H groups in total. The molecule has 1 unspecified atom stereocenters. The molecule has 0 aromatic rings. The van der Waals surface area contributed by atoms with Gasteiger partial charge in [0.15, 0.2) is 0 Å². The van der Waals surface area contributed by atoms with Crippen molar-refractivity contribution in [1.29, 1.82) is 0 Å². The van der Waals surface area contributed by atoms with Gasteiger partial charge < -0.3 is 0 Å². The first-order valence-electron chi connectivity index (χ1n) is 4.92. The largest absolute Gasteiger partial charge is 0.460 e. The maximum Gasteiger partial charge on any atom is 0.460 e. The summed E-state index contributed by atoms with van der Waals surface area (Å²) in [5.41, 5.74) is 0. The molecular weight excluding hydrogens is 399 g/mol. The Kier molecular flexibility index (Phi) is 4.12. The van der Waals surface area contributed by atoms with Crippen molar-refractivity contribution >= 4 is 0 Å². The Balaban J connectivity index is 3.66. The maximum atomic E-state index is 13.4. The number of hydrogen-bond acceptors (Lipinski definition) is 2. The molecular formula is C7F15NO. The van der Waals surface area contributed by atoms with Gasteiger partial charge in [-0.25, -0.2) is 0 Å². The van der Waals surface area contributed by atoms with Crippen molar-refractivity contribution in [3.05, 3.63) is 0 Å². The van der Waals surface area contributed by atoms with Crippen LogP contribution in [0.15, 0.2) is 0 Å². The Bertz CT molecular complexity index is 510. The van der Waals surface area contributed by atoms with Crippen molar-refractivity contribution in [2.45, 2.75) is 42.1 Å². The Morgan fingerprint density at radius 1 is 0.667 bits per heavy atom. The molecule has 0 spiro atoms. The second kappa shape index (κ2) is 4.73. The van der Waals surface area contributed by atoms with Gasteiger partial charge in [-0.15, -0.1) is 4.48 Å². The fourth-order valence-corrected chi connectivity index (χ4v) is 1.35. The predicted molar refractivity (Wildman–Crippen MR) is 38.7 cm³/mol. The van der Waals surface area contributed by atoms with Crippen LogP contribution in [0.5, 0.6) is 0 Å². The summed E-state index contributed by atoms with van der Waals surface area (Å²) in [4.78, 5) is 0. The first kappa shape index (κ1) is 20.9. The Morgan fingerprint density at radius 2 is 1.04 bits per heavy atom. The standard InChI is InChI=1S/C7F15NO/c8-1(9,2(10,11)4(13,14)15)3(12)5(16,17)23(22)6(18,19)7(20,21)24-3. The van der Waals surface area contributed by atoms with Gasteiger partial charge in [-0.05, 0) is 5.12 Å². The highest BCUT2D eigenvalue weighted by atomic mass is 19.4. The van der Waals surface area contributed by atoms with E-state index in [1.54, 1.807) is 4.74 Å². The van der Waals surface area contributed by atoms with Crippen LogP contribution in [-0.4, -0.2) is 47.2 Å². The predicted octanol–water partition coefficient (Wildman–Crippen LogP) is 4.48. The zero-order valence-corrected chi connectivity index (χ0v) is 10.0. The van der Waals surface area contributed by atoms with Crippen molar-refractivity contribution in [3.8, 4) is 0 Å². The SMILES string of the molecule is FN1C(F)(F)C(F)(F)OC(F)(C(F)(F)C(F)(F)C(F)(F)F)C1(F)F. The van der Waals surface area contributed by atoms with Gasteiger partial charge >= 0.3 is 42.1 Å². The summed E-state index contributed by atoms with van der Waals surface area (Å²) in [6.45, 7) is 0. The van der Waals surface area contributed by atoms with Crippen LogP contribution in [0.4, 0.5) is 65.9 Å². The normalized spacial score (nSPS) is 31.1. The van der Waals surface area contributed by atoms with Gasteiger partial charge in [0.25, 0.3) is 0 Å². The van der Waals surface area contributed by atoms with E-state index in [1.807, 2.05) is 0 Å². The van der Waals surface area contributed by atoms with E-state index in [9.17, 15) is 65.9 Å². The average Bonchev–Trinajstić information content (AvgIpc) is 2.33. The molecule has 24 heavy (non-hydrogen) atoms. The molecule has 144 valence electrons. The molecule has 0 saturated carbocycles. The third-order valence-electron chi connectivity index (χ3n) is 2.65. The number of rotatable bonds is 2. The molecule has 0 radical (unpaired) electrons. The lowest BCUT2D eigenvalue weighted by molar-refractivity contribution is -0.597. The van der Waals surface area contributed by atoms with Crippen molar-refractivity contribution in [2.75, 3.05) is 0 Å². The Hall–Kier alpha value is -1.13. The minimum absolute atomic E-state index is 1.60. The summed E-state index contributed by atoms with van der Waals surface area (Å²) < 4.78 is 190. The van der Waals surface area contributed by atoms with Crippen LogP contribution in [0.3, 0.4) is 0 Å². The zero-order valence-electron chi connectivity index (χ0n) is 10.0. The number of morpholine rings is 1. The molecule has 0 aliphatic carbocycles. The highest BCUT2D eigenvalue weighted by Crippen LogP contribution is 2.64. The molecule has 0 aromatic heterocycles. The van der Waals surface area contributed by atoms with Crippen LogP contribution >= 0.6 is 0 Å². The van der Waals surface area contributed by atoms with Gasteiger partial charge in [0.05, 0.1) is 0 Å². The molecule has 1 fully saturated rings. The van der Waals surface area contributed by atoms with Crippen LogP contribution < -0.4 is 0 Å². The number of ether oxygens (including phenoxy) is 1. The van der Waals surface area contributed by atoms with Crippen LogP contribution in [0.25, 0.3) is 0 Å². The number of halogens is 15. The van der Waals surface area contributed by atoms with Gasteiger partial charge in [-0.1, -0.05) is 0 Å². The number of hydrogen-bond donors (Lipinski definition) is 0. The monoisotopic (exact) mass is 399 g/mol. The summed E-state index contributed by atoms with van der Waals surface area (Å²) in [6.07, 6.45) is -14.5. The van der Waals surface area contributed by atoms with Crippen LogP contribution in [0.1, 0.15) is 0 Å². The second-order valence-electron chi connectivity index (χ2n) is 4.22. The molecule has 1 rings (SSSR count). The lowest BCUT2D eigenvalue weighted by atomic mass is 9.98. The van der Waals surface area contributed by atoms with E-state index in [0.29, 0.717) is 0 Å². The molecule has 17 heteroatoms. The minimum atomic E-state index is -7.97. The van der Waals surface area contributed by atoms with Gasteiger partial charge in [-0.2, -0.15) is 61.5 Å². The van der Waals surface area contributed by atoms with Gasteiger partial charge in [0.1, 0.15) is 0 Å². The fourth-order valence-electron chi connectivity index (χ4n) is 1.35. The molecule has 1 heterocycles. The topological polar surface area (TPSA) is 12.5 Å². The van der Waals surface area contributed by atoms with Gasteiger partial charge in [0.2, 0.25) is 0 Å². The van der Waals surface area contributed by atoms with E-state index >= 15 is 0 Å². The van der Waals surface area contributed by atoms with E-state index in [2.05, 4.69) is 0 Å². The number of nitrogens with zero attached hydrogens (tertiary/aromatic N) is 1. The molecule has 0 aromatic carbocycles.